The maximum absolute atomic E-state index is 12.6. The lowest BCUT2D eigenvalue weighted by molar-refractivity contribution is -0.137. The Hall–Kier alpha value is -3.42. The molecule has 0 radical (unpaired) electrons. The van der Waals surface area contributed by atoms with Crippen LogP contribution in [0.5, 0.6) is 0 Å². The number of nitrogens with one attached hydrogen (secondary N) is 2. The van der Waals surface area contributed by atoms with E-state index in [0.29, 0.717) is 0 Å². The molecule has 144 valence electrons. The van der Waals surface area contributed by atoms with E-state index in [-0.39, 0.29) is 17.3 Å². The van der Waals surface area contributed by atoms with Crippen LogP contribution in [0.15, 0.2) is 54.7 Å². The van der Waals surface area contributed by atoms with E-state index < -0.39 is 17.6 Å². The van der Waals surface area contributed by atoms with Crippen LogP contribution in [-0.4, -0.2) is 15.9 Å². The molecule has 5 nitrogen and oxygen atoms in total. The van der Waals surface area contributed by atoms with Gasteiger partial charge in [0.1, 0.15) is 5.69 Å². The molecule has 0 saturated carbocycles. The smallest absolute Gasteiger partial charge is 0.324 e. The second-order valence-electron chi connectivity index (χ2n) is 6.30. The standard InChI is InChI=1S/C20H17F3N4O/c1-12-9-13(2)11-16(10-12)26-19-24-8-7-17(27-19)18(28)25-15-5-3-14(4-6-15)20(21,22)23/h3-11H,1-2H3,(H,25,28)(H,24,26,27). The number of carbonyl (C=O) groups is 1. The molecule has 0 unspecified atom stereocenters. The van der Waals surface area contributed by atoms with Gasteiger partial charge < -0.3 is 10.6 Å². The van der Waals surface area contributed by atoms with Crippen LogP contribution in [0.25, 0.3) is 0 Å². The van der Waals surface area contributed by atoms with E-state index in [9.17, 15) is 18.0 Å². The van der Waals surface area contributed by atoms with Crippen molar-refractivity contribution in [1.29, 1.82) is 0 Å². The van der Waals surface area contributed by atoms with Crippen LogP contribution in [0.2, 0.25) is 0 Å². The minimum Gasteiger partial charge on any atom is -0.324 e. The highest BCUT2D eigenvalue weighted by molar-refractivity contribution is 6.03. The van der Waals surface area contributed by atoms with E-state index in [1.807, 2.05) is 32.0 Å². The van der Waals surface area contributed by atoms with Gasteiger partial charge in [-0.1, -0.05) is 6.07 Å². The minimum atomic E-state index is -4.43. The molecule has 0 aliphatic heterocycles. The molecular weight excluding hydrogens is 369 g/mol. The summed E-state index contributed by atoms with van der Waals surface area (Å²) in [5.74, 6) is -0.310. The third-order valence-corrected chi connectivity index (χ3v) is 3.84. The Morgan fingerprint density at radius 1 is 0.929 bits per heavy atom. The summed E-state index contributed by atoms with van der Waals surface area (Å²) in [5.41, 5.74) is 2.46. The summed E-state index contributed by atoms with van der Waals surface area (Å²) < 4.78 is 37.8. The molecule has 2 aromatic carbocycles. The number of aryl methyl sites for hydroxylation is 2. The molecule has 3 rings (SSSR count). The van der Waals surface area contributed by atoms with Crippen molar-refractivity contribution in [3.63, 3.8) is 0 Å². The van der Waals surface area contributed by atoms with Gasteiger partial charge in [0.15, 0.2) is 0 Å². The predicted octanol–water partition coefficient (Wildman–Crippen LogP) is 5.11. The van der Waals surface area contributed by atoms with E-state index in [1.165, 1.54) is 24.4 Å². The fourth-order valence-electron chi connectivity index (χ4n) is 2.66. The molecule has 0 bridgehead atoms. The number of amides is 1. The van der Waals surface area contributed by atoms with Crippen LogP contribution in [0.4, 0.5) is 30.5 Å². The SMILES string of the molecule is Cc1cc(C)cc(Nc2nccc(C(=O)Nc3ccc(C(F)(F)F)cc3)n2)c1. The second kappa shape index (κ2) is 7.67. The topological polar surface area (TPSA) is 66.9 Å². The normalized spacial score (nSPS) is 11.2. The number of carbonyl (C=O) groups excluding carboxylic acids is 1. The van der Waals surface area contributed by atoms with Crippen molar-refractivity contribution in [2.45, 2.75) is 20.0 Å². The maximum atomic E-state index is 12.6. The second-order valence-corrected chi connectivity index (χ2v) is 6.30. The van der Waals surface area contributed by atoms with Crippen molar-refractivity contribution >= 4 is 23.2 Å². The van der Waals surface area contributed by atoms with Gasteiger partial charge in [-0.25, -0.2) is 9.97 Å². The minimum absolute atomic E-state index is 0.0850. The van der Waals surface area contributed by atoms with E-state index in [4.69, 9.17) is 0 Å². The monoisotopic (exact) mass is 386 g/mol. The molecule has 28 heavy (non-hydrogen) atoms. The number of alkyl halides is 3. The number of hydrogen-bond donors (Lipinski definition) is 2. The van der Waals surface area contributed by atoms with Gasteiger partial charge in [-0.05, 0) is 67.4 Å². The molecule has 2 N–H and O–H groups in total. The van der Waals surface area contributed by atoms with E-state index in [2.05, 4.69) is 20.6 Å². The van der Waals surface area contributed by atoms with Crippen molar-refractivity contribution in [2.75, 3.05) is 10.6 Å². The maximum Gasteiger partial charge on any atom is 0.416 e. The summed E-state index contributed by atoms with van der Waals surface area (Å²) >= 11 is 0. The highest BCUT2D eigenvalue weighted by Crippen LogP contribution is 2.29. The van der Waals surface area contributed by atoms with Gasteiger partial charge in [0.25, 0.3) is 5.91 Å². The van der Waals surface area contributed by atoms with Crippen molar-refractivity contribution in [2.24, 2.45) is 0 Å². The average molecular weight is 386 g/mol. The molecule has 0 fully saturated rings. The van der Waals surface area contributed by atoms with E-state index >= 15 is 0 Å². The molecule has 0 aliphatic carbocycles. The van der Waals surface area contributed by atoms with Crippen LogP contribution >= 0.6 is 0 Å². The number of nitrogens with zero attached hydrogens (tertiary/aromatic N) is 2. The number of rotatable bonds is 4. The zero-order valence-electron chi connectivity index (χ0n) is 15.1. The van der Waals surface area contributed by atoms with Gasteiger partial charge in [0.05, 0.1) is 5.56 Å². The summed E-state index contributed by atoms with van der Waals surface area (Å²) in [7, 11) is 0. The fraction of sp³-hybridized carbons (Fsp3) is 0.150. The molecule has 0 aliphatic rings. The van der Waals surface area contributed by atoms with E-state index in [1.54, 1.807) is 0 Å². The zero-order valence-corrected chi connectivity index (χ0v) is 15.1. The van der Waals surface area contributed by atoms with Crippen molar-refractivity contribution in [3.05, 3.63) is 77.1 Å². The third-order valence-electron chi connectivity index (χ3n) is 3.84. The summed E-state index contributed by atoms with van der Waals surface area (Å²) in [5, 5.41) is 5.56. The number of anilines is 3. The summed E-state index contributed by atoms with van der Waals surface area (Å²) in [6, 6.07) is 11.5. The Labute approximate surface area is 159 Å². The number of halogens is 3. The molecule has 1 amide bonds. The molecule has 1 heterocycles. The molecule has 8 heteroatoms. The zero-order chi connectivity index (χ0) is 20.3. The largest absolute Gasteiger partial charge is 0.416 e. The molecule has 1 aromatic heterocycles. The number of benzene rings is 2. The fourth-order valence-corrected chi connectivity index (χ4v) is 2.66. The lowest BCUT2D eigenvalue weighted by atomic mass is 10.1. The first-order chi connectivity index (χ1) is 13.2. The quantitative estimate of drug-likeness (QED) is 0.654. The predicted molar refractivity (Wildman–Crippen MR) is 101 cm³/mol. The molecule has 0 atom stereocenters. The van der Waals surface area contributed by atoms with Gasteiger partial charge in [-0.15, -0.1) is 0 Å². The van der Waals surface area contributed by atoms with Crippen molar-refractivity contribution in [1.82, 2.24) is 9.97 Å². The van der Waals surface area contributed by atoms with Gasteiger partial charge in [0.2, 0.25) is 5.95 Å². The molecular formula is C20H17F3N4O. The van der Waals surface area contributed by atoms with Gasteiger partial charge >= 0.3 is 6.18 Å². The Morgan fingerprint density at radius 2 is 1.57 bits per heavy atom. The van der Waals surface area contributed by atoms with Crippen LogP contribution in [-0.2, 0) is 6.18 Å². The Balaban J connectivity index is 1.73. The third kappa shape index (κ3) is 4.85. The summed E-state index contributed by atoms with van der Waals surface area (Å²) in [4.78, 5) is 20.6. The number of hydrogen-bond acceptors (Lipinski definition) is 4. The van der Waals surface area contributed by atoms with Gasteiger partial charge in [-0.3, -0.25) is 4.79 Å². The summed E-state index contributed by atoms with van der Waals surface area (Å²) in [6.07, 6.45) is -3.00. The van der Waals surface area contributed by atoms with Crippen LogP contribution in [0, 0.1) is 13.8 Å². The van der Waals surface area contributed by atoms with Gasteiger partial charge in [0, 0.05) is 17.6 Å². The van der Waals surface area contributed by atoms with Crippen molar-refractivity contribution < 1.29 is 18.0 Å². The van der Waals surface area contributed by atoms with Crippen LogP contribution in [0.3, 0.4) is 0 Å². The van der Waals surface area contributed by atoms with Crippen LogP contribution in [0.1, 0.15) is 27.2 Å². The first-order valence-corrected chi connectivity index (χ1v) is 8.38. The first-order valence-electron chi connectivity index (χ1n) is 8.38. The highest BCUT2D eigenvalue weighted by Gasteiger charge is 2.30. The lowest BCUT2D eigenvalue weighted by Crippen LogP contribution is -2.15. The molecule has 0 saturated heterocycles. The average Bonchev–Trinajstić information content (AvgIpc) is 2.61. The Bertz CT molecular complexity index is 981. The highest BCUT2D eigenvalue weighted by atomic mass is 19.4. The van der Waals surface area contributed by atoms with Crippen molar-refractivity contribution in [3.8, 4) is 0 Å². The Morgan fingerprint density at radius 3 is 2.18 bits per heavy atom. The summed E-state index contributed by atoms with van der Waals surface area (Å²) in [6.45, 7) is 3.93. The molecule has 0 spiro atoms. The Kier molecular flexibility index (Phi) is 5.30. The first kappa shape index (κ1) is 19.3. The van der Waals surface area contributed by atoms with E-state index in [0.717, 1.165) is 28.9 Å². The van der Waals surface area contributed by atoms with Crippen LogP contribution < -0.4 is 10.6 Å². The van der Waals surface area contributed by atoms with Gasteiger partial charge in [-0.2, -0.15) is 13.2 Å². The number of aromatic nitrogens is 2. The molecule has 3 aromatic rings. The lowest BCUT2D eigenvalue weighted by Gasteiger charge is -2.10.